The molecule has 54 valence electrons. The van der Waals surface area contributed by atoms with E-state index in [1.54, 1.807) is 0 Å². The van der Waals surface area contributed by atoms with E-state index in [2.05, 4.69) is 0 Å². The second kappa shape index (κ2) is 4.26. The Labute approximate surface area is 52.1 Å². The lowest BCUT2D eigenvalue weighted by Gasteiger charge is -2.01. The first-order chi connectivity index (χ1) is 4.16. The van der Waals surface area contributed by atoms with Crippen LogP contribution in [-0.2, 0) is 4.79 Å². The molecular formula is C5H9FO3. The SMILES string of the molecule is O=C(O)CC(O)CCF. The van der Waals surface area contributed by atoms with Crippen LogP contribution in [-0.4, -0.2) is 29.0 Å². The minimum Gasteiger partial charge on any atom is -0.481 e. The molecule has 0 rings (SSSR count). The highest BCUT2D eigenvalue weighted by molar-refractivity contribution is 5.67. The number of alkyl halides is 1. The first kappa shape index (κ1) is 8.36. The van der Waals surface area contributed by atoms with Crippen LogP contribution in [0.25, 0.3) is 0 Å². The lowest BCUT2D eigenvalue weighted by Crippen LogP contribution is -2.13. The van der Waals surface area contributed by atoms with Crippen molar-refractivity contribution in [2.75, 3.05) is 6.67 Å². The van der Waals surface area contributed by atoms with Gasteiger partial charge in [0.25, 0.3) is 0 Å². The minimum absolute atomic E-state index is 0.0910. The zero-order chi connectivity index (χ0) is 7.28. The first-order valence-corrected chi connectivity index (χ1v) is 2.62. The van der Waals surface area contributed by atoms with E-state index in [4.69, 9.17) is 10.2 Å². The second-order valence-electron chi connectivity index (χ2n) is 1.73. The lowest BCUT2D eigenvalue weighted by molar-refractivity contribution is -0.139. The molecule has 0 radical (unpaired) electrons. The summed E-state index contributed by atoms with van der Waals surface area (Å²) in [4.78, 5) is 9.80. The van der Waals surface area contributed by atoms with E-state index in [1.807, 2.05) is 0 Å². The molecule has 2 N–H and O–H groups in total. The third-order valence-electron chi connectivity index (χ3n) is 0.853. The highest BCUT2D eigenvalue weighted by atomic mass is 19.1. The summed E-state index contributed by atoms with van der Waals surface area (Å²) < 4.78 is 11.3. The molecule has 0 saturated heterocycles. The van der Waals surface area contributed by atoms with Crippen LogP contribution in [0.2, 0.25) is 0 Å². The predicted molar refractivity (Wildman–Crippen MR) is 28.9 cm³/mol. The summed E-state index contributed by atoms with van der Waals surface area (Å²) in [7, 11) is 0. The van der Waals surface area contributed by atoms with Crippen LogP contribution < -0.4 is 0 Å². The highest BCUT2D eigenvalue weighted by Crippen LogP contribution is 1.96. The van der Waals surface area contributed by atoms with Gasteiger partial charge in [-0.25, -0.2) is 0 Å². The van der Waals surface area contributed by atoms with Gasteiger partial charge in [-0.2, -0.15) is 0 Å². The van der Waals surface area contributed by atoms with E-state index in [0.29, 0.717) is 0 Å². The Bertz CT molecular complexity index is 94.2. The Balaban J connectivity index is 3.26. The van der Waals surface area contributed by atoms with Crippen LogP contribution >= 0.6 is 0 Å². The Hall–Kier alpha value is -0.640. The Morgan fingerprint density at radius 3 is 2.56 bits per heavy atom. The van der Waals surface area contributed by atoms with Crippen molar-refractivity contribution in [2.45, 2.75) is 18.9 Å². The third kappa shape index (κ3) is 5.23. The predicted octanol–water partition coefficient (Wildman–Crippen LogP) is 0.182. The molecule has 1 atom stereocenters. The fraction of sp³-hybridized carbons (Fsp3) is 0.800. The van der Waals surface area contributed by atoms with Crippen LogP contribution in [0.4, 0.5) is 4.39 Å². The summed E-state index contributed by atoms with van der Waals surface area (Å²) >= 11 is 0. The van der Waals surface area contributed by atoms with E-state index in [1.165, 1.54) is 0 Å². The fourth-order valence-electron chi connectivity index (χ4n) is 0.430. The normalized spacial score (nSPS) is 13.1. The van der Waals surface area contributed by atoms with Gasteiger partial charge in [0.15, 0.2) is 0 Å². The van der Waals surface area contributed by atoms with Crippen molar-refractivity contribution in [3.8, 4) is 0 Å². The number of rotatable bonds is 4. The third-order valence-corrected chi connectivity index (χ3v) is 0.853. The molecule has 0 aromatic carbocycles. The van der Waals surface area contributed by atoms with Gasteiger partial charge >= 0.3 is 5.97 Å². The van der Waals surface area contributed by atoms with Crippen molar-refractivity contribution < 1.29 is 19.4 Å². The molecule has 0 saturated carbocycles. The molecule has 9 heavy (non-hydrogen) atoms. The zero-order valence-corrected chi connectivity index (χ0v) is 4.88. The van der Waals surface area contributed by atoms with Crippen LogP contribution in [0.15, 0.2) is 0 Å². The van der Waals surface area contributed by atoms with Gasteiger partial charge in [0.2, 0.25) is 0 Å². The summed E-state index contributed by atoms with van der Waals surface area (Å²) in [6, 6.07) is 0. The molecule has 0 bridgehead atoms. The molecule has 0 aliphatic rings. The Morgan fingerprint density at radius 1 is 1.67 bits per heavy atom. The maximum atomic E-state index is 11.3. The second-order valence-corrected chi connectivity index (χ2v) is 1.73. The largest absolute Gasteiger partial charge is 0.481 e. The lowest BCUT2D eigenvalue weighted by atomic mass is 10.2. The minimum atomic E-state index is -1.10. The average molecular weight is 136 g/mol. The molecule has 0 aromatic rings. The average Bonchev–Trinajstić information content (AvgIpc) is 1.63. The maximum Gasteiger partial charge on any atom is 0.305 e. The van der Waals surface area contributed by atoms with Crippen LogP contribution in [0.1, 0.15) is 12.8 Å². The summed E-state index contributed by atoms with van der Waals surface area (Å²) in [6.45, 7) is -0.672. The molecule has 0 fully saturated rings. The van der Waals surface area contributed by atoms with E-state index in [9.17, 15) is 9.18 Å². The van der Waals surface area contributed by atoms with Gasteiger partial charge in [0.05, 0.1) is 19.2 Å². The maximum absolute atomic E-state index is 11.3. The van der Waals surface area contributed by atoms with E-state index in [-0.39, 0.29) is 12.8 Å². The molecule has 0 aliphatic carbocycles. The van der Waals surface area contributed by atoms with E-state index < -0.39 is 18.7 Å². The van der Waals surface area contributed by atoms with E-state index in [0.717, 1.165) is 0 Å². The van der Waals surface area contributed by atoms with Crippen LogP contribution in [0.5, 0.6) is 0 Å². The van der Waals surface area contributed by atoms with Gasteiger partial charge in [-0.3, -0.25) is 9.18 Å². The van der Waals surface area contributed by atoms with Crippen molar-refractivity contribution >= 4 is 5.97 Å². The number of aliphatic hydroxyl groups excluding tert-OH is 1. The number of halogens is 1. The topological polar surface area (TPSA) is 57.5 Å². The van der Waals surface area contributed by atoms with Gasteiger partial charge in [-0.15, -0.1) is 0 Å². The summed E-state index contributed by atoms with van der Waals surface area (Å²) in [6.07, 6.45) is -1.50. The number of aliphatic hydroxyl groups is 1. The fourth-order valence-corrected chi connectivity index (χ4v) is 0.430. The molecule has 0 aliphatic heterocycles. The molecule has 0 aromatic heterocycles. The van der Waals surface area contributed by atoms with Gasteiger partial charge in [-0.05, 0) is 0 Å². The first-order valence-electron chi connectivity index (χ1n) is 2.62. The molecule has 3 nitrogen and oxygen atoms in total. The van der Waals surface area contributed by atoms with Crippen molar-refractivity contribution in [1.29, 1.82) is 0 Å². The quantitative estimate of drug-likeness (QED) is 0.579. The van der Waals surface area contributed by atoms with Crippen LogP contribution in [0, 0.1) is 0 Å². The molecule has 1 unspecified atom stereocenters. The Morgan fingerprint density at radius 2 is 2.22 bits per heavy atom. The summed E-state index contributed by atoms with van der Waals surface area (Å²) in [5.41, 5.74) is 0. The monoisotopic (exact) mass is 136 g/mol. The van der Waals surface area contributed by atoms with Gasteiger partial charge < -0.3 is 10.2 Å². The van der Waals surface area contributed by atoms with Gasteiger partial charge in [0.1, 0.15) is 0 Å². The standard InChI is InChI=1S/C5H9FO3/c6-2-1-4(7)3-5(8)9/h4,7H,1-3H2,(H,8,9). The van der Waals surface area contributed by atoms with Crippen molar-refractivity contribution in [3.05, 3.63) is 0 Å². The Kier molecular flexibility index (Phi) is 3.96. The molecule has 0 amide bonds. The van der Waals surface area contributed by atoms with Gasteiger partial charge in [-0.1, -0.05) is 0 Å². The number of hydrogen-bond acceptors (Lipinski definition) is 2. The molecule has 4 heteroatoms. The van der Waals surface area contributed by atoms with Crippen LogP contribution in [0.3, 0.4) is 0 Å². The molecular weight excluding hydrogens is 127 g/mol. The van der Waals surface area contributed by atoms with Crippen molar-refractivity contribution in [3.63, 3.8) is 0 Å². The van der Waals surface area contributed by atoms with E-state index >= 15 is 0 Å². The van der Waals surface area contributed by atoms with Crippen molar-refractivity contribution in [1.82, 2.24) is 0 Å². The van der Waals surface area contributed by atoms with Crippen molar-refractivity contribution in [2.24, 2.45) is 0 Å². The number of carboxylic acids is 1. The smallest absolute Gasteiger partial charge is 0.305 e. The number of hydrogen-bond donors (Lipinski definition) is 2. The number of carbonyl (C=O) groups is 1. The highest BCUT2D eigenvalue weighted by Gasteiger charge is 2.07. The number of aliphatic carboxylic acids is 1. The molecule has 0 spiro atoms. The van der Waals surface area contributed by atoms with Gasteiger partial charge in [0, 0.05) is 6.42 Å². The summed E-state index contributed by atoms with van der Waals surface area (Å²) in [5.74, 6) is -1.10. The summed E-state index contributed by atoms with van der Waals surface area (Å²) in [5, 5.41) is 16.6. The number of carboxylic acid groups (broad SMARTS) is 1. The zero-order valence-electron chi connectivity index (χ0n) is 4.88. The molecule has 0 heterocycles.